The van der Waals surface area contributed by atoms with Crippen LogP contribution in [0.25, 0.3) is 10.8 Å². The van der Waals surface area contributed by atoms with Crippen LogP contribution in [0.4, 0.5) is 0 Å². The lowest BCUT2D eigenvalue weighted by molar-refractivity contribution is 0.112. The molecule has 2 radical (unpaired) electrons. The van der Waals surface area contributed by atoms with Crippen LogP contribution in [0.2, 0.25) is 0 Å². The monoisotopic (exact) mass is 257 g/mol. The molecule has 0 spiro atoms. The number of carbonyl (C=O) groups excluding carboxylic acids is 1. The van der Waals surface area contributed by atoms with Crippen LogP contribution in [0.3, 0.4) is 0 Å². The molecule has 20 heavy (non-hydrogen) atoms. The van der Waals surface area contributed by atoms with Gasteiger partial charge in [0.05, 0.1) is 5.69 Å². The molecule has 2 aromatic carbocycles. The summed E-state index contributed by atoms with van der Waals surface area (Å²) in [5, 5.41) is 2.10. The van der Waals surface area contributed by atoms with Crippen molar-refractivity contribution in [2.45, 2.75) is 6.42 Å². The summed E-state index contributed by atoms with van der Waals surface area (Å²) in [6.45, 7) is 0. The van der Waals surface area contributed by atoms with Gasteiger partial charge in [0, 0.05) is 23.6 Å². The van der Waals surface area contributed by atoms with E-state index in [9.17, 15) is 4.79 Å². The molecule has 2 nitrogen and oxygen atoms in total. The molecule has 0 aliphatic heterocycles. The van der Waals surface area contributed by atoms with Gasteiger partial charge >= 0.3 is 0 Å². The Morgan fingerprint density at radius 2 is 2.00 bits per heavy atom. The molecule has 0 amide bonds. The first kappa shape index (κ1) is 12.6. The molecule has 3 aromatic rings. The summed E-state index contributed by atoms with van der Waals surface area (Å²) in [5.41, 5.74) is 3.56. The first-order chi connectivity index (χ1) is 9.76. The second-order valence-electron chi connectivity index (χ2n) is 4.78. The molecule has 0 aliphatic carbocycles. The summed E-state index contributed by atoms with van der Waals surface area (Å²) in [5.74, 6) is 0. The molecule has 0 saturated heterocycles. The van der Waals surface area contributed by atoms with E-state index in [1.54, 1.807) is 6.20 Å². The third-order valence-corrected chi connectivity index (χ3v) is 3.33. The molecule has 1 aromatic heterocycles. The molecule has 3 heteroatoms. The van der Waals surface area contributed by atoms with Gasteiger partial charge in [0.15, 0.2) is 0 Å². The minimum atomic E-state index is 0.679. The maximum absolute atomic E-state index is 10.8. The Bertz CT molecular complexity index is 783. The molecule has 0 aliphatic rings. The number of hydrogen-bond donors (Lipinski definition) is 0. The van der Waals surface area contributed by atoms with E-state index in [1.165, 1.54) is 0 Å². The first-order valence-electron chi connectivity index (χ1n) is 6.43. The fourth-order valence-electron chi connectivity index (χ4n) is 2.37. The van der Waals surface area contributed by atoms with Gasteiger partial charge in [-0.15, -0.1) is 0 Å². The van der Waals surface area contributed by atoms with Gasteiger partial charge < -0.3 is 0 Å². The Labute approximate surface area is 118 Å². The van der Waals surface area contributed by atoms with Crippen molar-refractivity contribution in [1.29, 1.82) is 0 Å². The van der Waals surface area contributed by atoms with Gasteiger partial charge in [-0.1, -0.05) is 41.9 Å². The summed E-state index contributed by atoms with van der Waals surface area (Å²) in [6, 6.07) is 15.4. The number of rotatable bonds is 3. The van der Waals surface area contributed by atoms with E-state index in [1.807, 2.05) is 48.5 Å². The van der Waals surface area contributed by atoms with Crippen molar-refractivity contribution in [1.82, 2.24) is 4.98 Å². The number of carbonyl (C=O) groups is 1. The van der Waals surface area contributed by atoms with Gasteiger partial charge in [0.2, 0.25) is 0 Å². The molecular formula is C17H12BNO. The van der Waals surface area contributed by atoms with E-state index < -0.39 is 0 Å². The Kier molecular flexibility index (Phi) is 3.34. The first-order valence-corrected chi connectivity index (χ1v) is 6.43. The summed E-state index contributed by atoms with van der Waals surface area (Å²) in [4.78, 5) is 15.3. The van der Waals surface area contributed by atoms with Gasteiger partial charge in [0.25, 0.3) is 0 Å². The zero-order valence-electron chi connectivity index (χ0n) is 10.9. The molecule has 94 valence electrons. The fourth-order valence-corrected chi connectivity index (χ4v) is 2.37. The predicted molar refractivity (Wildman–Crippen MR) is 81.8 cm³/mol. The molecule has 1 heterocycles. The van der Waals surface area contributed by atoms with Crippen molar-refractivity contribution < 1.29 is 4.79 Å². The molecule has 0 unspecified atom stereocenters. The van der Waals surface area contributed by atoms with E-state index in [4.69, 9.17) is 7.85 Å². The summed E-state index contributed by atoms with van der Waals surface area (Å²) in [6.07, 6.45) is 3.36. The van der Waals surface area contributed by atoms with Crippen molar-refractivity contribution in [3.8, 4) is 0 Å². The highest BCUT2D eigenvalue weighted by Crippen LogP contribution is 2.20. The highest BCUT2D eigenvalue weighted by atomic mass is 16.1. The molecule has 0 atom stereocenters. The van der Waals surface area contributed by atoms with Crippen LogP contribution < -0.4 is 5.46 Å². The van der Waals surface area contributed by atoms with Crippen LogP contribution in [0.1, 0.15) is 21.6 Å². The van der Waals surface area contributed by atoms with E-state index in [2.05, 4.69) is 4.98 Å². The van der Waals surface area contributed by atoms with Crippen LogP contribution in [-0.4, -0.2) is 19.1 Å². The molecular weight excluding hydrogens is 245 g/mol. The largest absolute Gasteiger partial charge is 0.298 e. The SMILES string of the molecule is [B]c1cccc(Cc2nccc3cc(C=O)ccc23)c1. The maximum Gasteiger partial charge on any atom is 0.150 e. The molecule has 0 bridgehead atoms. The van der Waals surface area contributed by atoms with Gasteiger partial charge in [-0.3, -0.25) is 9.78 Å². The van der Waals surface area contributed by atoms with Gasteiger partial charge in [-0.05, 0) is 23.1 Å². The maximum atomic E-state index is 10.8. The number of aromatic nitrogens is 1. The van der Waals surface area contributed by atoms with Crippen LogP contribution in [0, 0.1) is 0 Å². The average molecular weight is 257 g/mol. The minimum absolute atomic E-state index is 0.679. The molecule has 0 fully saturated rings. The number of nitrogens with zero attached hydrogens (tertiary/aromatic N) is 1. The van der Waals surface area contributed by atoms with E-state index in [0.717, 1.165) is 40.2 Å². The van der Waals surface area contributed by atoms with Crippen molar-refractivity contribution in [3.63, 3.8) is 0 Å². The van der Waals surface area contributed by atoms with Gasteiger partial charge in [-0.2, -0.15) is 0 Å². The zero-order chi connectivity index (χ0) is 13.9. The lowest BCUT2D eigenvalue weighted by Crippen LogP contribution is -2.03. The summed E-state index contributed by atoms with van der Waals surface area (Å²) < 4.78 is 0. The van der Waals surface area contributed by atoms with E-state index in [-0.39, 0.29) is 0 Å². The zero-order valence-corrected chi connectivity index (χ0v) is 10.9. The number of benzene rings is 2. The fraction of sp³-hybridized carbons (Fsp3) is 0.0588. The van der Waals surface area contributed by atoms with E-state index >= 15 is 0 Å². The second kappa shape index (κ2) is 5.29. The normalized spacial score (nSPS) is 10.6. The number of pyridine rings is 1. The Morgan fingerprint density at radius 1 is 1.10 bits per heavy atom. The highest BCUT2D eigenvalue weighted by Gasteiger charge is 2.04. The quantitative estimate of drug-likeness (QED) is 0.532. The number of aldehydes is 1. The van der Waals surface area contributed by atoms with Crippen molar-refractivity contribution >= 4 is 30.4 Å². The lowest BCUT2D eigenvalue weighted by Gasteiger charge is -2.07. The molecule has 0 N–H and O–H groups in total. The third-order valence-electron chi connectivity index (χ3n) is 3.33. The van der Waals surface area contributed by atoms with Crippen LogP contribution in [-0.2, 0) is 6.42 Å². The van der Waals surface area contributed by atoms with Crippen LogP contribution >= 0.6 is 0 Å². The molecule has 3 rings (SSSR count). The predicted octanol–water partition coefficient (Wildman–Crippen LogP) is 2.43. The number of hydrogen-bond acceptors (Lipinski definition) is 2. The second-order valence-corrected chi connectivity index (χ2v) is 4.78. The van der Waals surface area contributed by atoms with Crippen LogP contribution in [0.15, 0.2) is 54.7 Å². The topological polar surface area (TPSA) is 30.0 Å². The third kappa shape index (κ3) is 2.48. The Balaban J connectivity index is 2.05. The van der Waals surface area contributed by atoms with Crippen molar-refractivity contribution in [2.75, 3.05) is 0 Å². The lowest BCUT2D eigenvalue weighted by atomic mass is 9.93. The van der Waals surface area contributed by atoms with Gasteiger partial charge in [0.1, 0.15) is 14.1 Å². The Hall–Kier alpha value is -2.42. The Morgan fingerprint density at radius 3 is 2.80 bits per heavy atom. The minimum Gasteiger partial charge on any atom is -0.298 e. The highest BCUT2D eigenvalue weighted by molar-refractivity contribution is 6.32. The van der Waals surface area contributed by atoms with Crippen molar-refractivity contribution in [2.24, 2.45) is 0 Å². The van der Waals surface area contributed by atoms with Crippen molar-refractivity contribution in [3.05, 3.63) is 71.5 Å². The van der Waals surface area contributed by atoms with E-state index in [0.29, 0.717) is 5.56 Å². The molecule has 0 saturated carbocycles. The number of fused-ring (bicyclic) bond motifs is 1. The van der Waals surface area contributed by atoms with Crippen LogP contribution in [0.5, 0.6) is 0 Å². The summed E-state index contributed by atoms with van der Waals surface area (Å²) in [7, 11) is 5.80. The smallest absolute Gasteiger partial charge is 0.150 e. The summed E-state index contributed by atoms with van der Waals surface area (Å²) >= 11 is 0. The van der Waals surface area contributed by atoms with Gasteiger partial charge in [-0.25, -0.2) is 0 Å². The average Bonchev–Trinajstić information content (AvgIpc) is 2.47. The standard InChI is InChI=1S/C17H12BNO/c18-15-3-1-2-12(9-15)10-17-16-5-4-13(11-20)8-14(16)6-7-19-17/h1-9,11H,10H2.